The lowest BCUT2D eigenvalue weighted by Crippen LogP contribution is -1.62. The van der Waals surface area contributed by atoms with Crippen LogP contribution >= 0.6 is 0 Å². The van der Waals surface area contributed by atoms with E-state index in [1.54, 1.807) is 24.3 Å². The Morgan fingerprint density at radius 2 is 1.13 bits per heavy atom. The molecule has 0 atom stereocenters. The van der Waals surface area contributed by atoms with Crippen LogP contribution in [0.15, 0.2) is 60.7 Å². The van der Waals surface area contributed by atoms with Crippen molar-refractivity contribution in [3.8, 4) is 5.75 Å². The number of para-hydroxylation sites is 1. The molecule has 2 heteroatoms. The molecule has 0 aliphatic rings. The van der Waals surface area contributed by atoms with Crippen molar-refractivity contribution in [3.05, 3.63) is 66.2 Å². The normalized spacial score (nSPS) is 8.07. The van der Waals surface area contributed by atoms with Crippen LogP contribution in [0.25, 0.3) is 0 Å². The van der Waals surface area contributed by atoms with Gasteiger partial charge in [0.1, 0.15) is 5.75 Å². The van der Waals surface area contributed by atoms with Crippen molar-refractivity contribution in [1.29, 1.82) is 0 Å². The first-order chi connectivity index (χ1) is 6.79. The number of rotatable bonds is 0. The fraction of sp³-hybridized carbons (Fsp3) is 0.0769. The van der Waals surface area contributed by atoms with Gasteiger partial charge in [0, 0.05) is 0 Å². The van der Waals surface area contributed by atoms with Gasteiger partial charge in [0.05, 0.1) is 0 Å². The summed E-state index contributed by atoms with van der Waals surface area (Å²) in [5.74, 6) is 0.322. The Labute approximate surface area is 90.1 Å². The number of phenols is 1. The summed E-state index contributed by atoms with van der Waals surface area (Å²) in [4.78, 5) is 0. The highest BCUT2D eigenvalue weighted by atomic mass is 16.3. The Hall–Kier alpha value is -1.80. The summed E-state index contributed by atoms with van der Waals surface area (Å²) in [6.07, 6.45) is 0. The second kappa shape index (κ2) is 7.59. The van der Waals surface area contributed by atoms with E-state index in [9.17, 15) is 0 Å². The standard InChI is InChI=1S/C7H8.C6H6O.H2O/c1-7-5-3-2-4-6-7;7-6-4-2-1-3-5-6;/h2-6H,1H3;1-5,7H;1H2. The van der Waals surface area contributed by atoms with Gasteiger partial charge >= 0.3 is 0 Å². The summed E-state index contributed by atoms with van der Waals surface area (Å²) in [6, 6.07) is 19.0. The fourth-order valence-corrected chi connectivity index (χ4v) is 0.962. The third kappa shape index (κ3) is 6.29. The van der Waals surface area contributed by atoms with Gasteiger partial charge in [0.15, 0.2) is 0 Å². The maximum atomic E-state index is 8.63. The van der Waals surface area contributed by atoms with E-state index in [2.05, 4.69) is 19.1 Å². The van der Waals surface area contributed by atoms with Crippen molar-refractivity contribution in [3.63, 3.8) is 0 Å². The molecule has 0 spiro atoms. The number of phenolic OH excluding ortho intramolecular Hbond substituents is 1. The van der Waals surface area contributed by atoms with Crippen molar-refractivity contribution in [2.75, 3.05) is 0 Å². The van der Waals surface area contributed by atoms with Gasteiger partial charge in [0.25, 0.3) is 0 Å². The summed E-state index contributed by atoms with van der Waals surface area (Å²) in [5, 5.41) is 8.63. The zero-order chi connectivity index (χ0) is 10.2. The van der Waals surface area contributed by atoms with Gasteiger partial charge in [-0.15, -0.1) is 0 Å². The Bertz CT molecular complexity index is 306. The predicted molar refractivity (Wildman–Crippen MR) is 62.9 cm³/mol. The second-order valence-corrected chi connectivity index (χ2v) is 2.99. The number of aryl methyl sites for hydroxylation is 1. The van der Waals surface area contributed by atoms with Gasteiger partial charge in [0.2, 0.25) is 0 Å². The maximum Gasteiger partial charge on any atom is 0.115 e. The lowest BCUT2D eigenvalue weighted by molar-refractivity contribution is 0.475. The number of aromatic hydroxyl groups is 1. The monoisotopic (exact) mass is 204 g/mol. The lowest BCUT2D eigenvalue weighted by Gasteiger charge is -1.82. The molecule has 3 N–H and O–H groups in total. The van der Waals surface area contributed by atoms with Crippen LogP contribution in [0.1, 0.15) is 5.56 Å². The van der Waals surface area contributed by atoms with E-state index in [0.717, 1.165) is 0 Å². The Morgan fingerprint density at radius 1 is 0.733 bits per heavy atom. The minimum Gasteiger partial charge on any atom is -0.508 e. The minimum absolute atomic E-state index is 0. The molecule has 15 heavy (non-hydrogen) atoms. The van der Waals surface area contributed by atoms with Crippen LogP contribution in [-0.4, -0.2) is 10.6 Å². The SMILES string of the molecule is Cc1ccccc1.O.Oc1ccccc1. The molecule has 0 aromatic heterocycles. The van der Waals surface area contributed by atoms with Crippen molar-refractivity contribution in [2.45, 2.75) is 6.92 Å². The molecule has 2 aromatic rings. The van der Waals surface area contributed by atoms with Gasteiger partial charge in [-0.05, 0) is 19.1 Å². The van der Waals surface area contributed by atoms with E-state index in [4.69, 9.17) is 5.11 Å². The number of benzene rings is 2. The van der Waals surface area contributed by atoms with Gasteiger partial charge in [-0.1, -0.05) is 54.1 Å². The molecule has 0 radical (unpaired) electrons. The van der Waals surface area contributed by atoms with Crippen LogP contribution in [0.2, 0.25) is 0 Å². The van der Waals surface area contributed by atoms with E-state index < -0.39 is 0 Å². The summed E-state index contributed by atoms with van der Waals surface area (Å²) >= 11 is 0. The van der Waals surface area contributed by atoms with E-state index in [0.29, 0.717) is 5.75 Å². The van der Waals surface area contributed by atoms with Crippen molar-refractivity contribution < 1.29 is 10.6 Å². The highest BCUT2D eigenvalue weighted by molar-refractivity contribution is 5.18. The summed E-state index contributed by atoms with van der Waals surface area (Å²) in [5.41, 5.74) is 1.32. The van der Waals surface area contributed by atoms with Crippen molar-refractivity contribution in [1.82, 2.24) is 0 Å². The summed E-state index contributed by atoms with van der Waals surface area (Å²) < 4.78 is 0. The van der Waals surface area contributed by atoms with Crippen molar-refractivity contribution in [2.24, 2.45) is 0 Å². The Morgan fingerprint density at radius 3 is 1.33 bits per heavy atom. The fourth-order valence-electron chi connectivity index (χ4n) is 0.962. The van der Waals surface area contributed by atoms with Gasteiger partial charge in [-0.3, -0.25) is 0 Å². The summed E-state index contributed by atoms with van der Waals surface area (Å²) in [7, 11) is 0. The smallest absolute Gasteiger partial charge is 0.115 e. The quantitative estimate of drug-likeness (QED) is 0.704. The molecule has 0 aliphatic carbocycles. The van der Waals surface area contributed by atoms with Crippen LogP contribution in [-0.2, 0) is 0 Å². The topological polar surface area (TPSA) is 51.7 Å². The number of hydrogen-bond donors (Lipinski definition) is 1. The molecular weight excluding hydrogens is 188 g/mol. The largest absolute Gasteiger partial charge is 0.508 e. The van der Waals surface area contributed by atoms with Gasteiger partial charge < -0.3 is 10.6 Å². The lowest BCUT2D eigenvalue weighted by atomic mass is 10.2. The van der Waals surface area contributed by atoms with Gasteiger partial charge in [-0.25, -0.2) is 0 Å². The molecule has 2 aromatic carbocycles. The van der Waals surface area contributed by atoms with Gasteiger partial charge in [-0.2, -0.15) is 0 Å². The van der Waals surface area contributed by atoms with Crippen LogP contribution in [0.4, 0.5) is 0 Å². The van der Waals surface area contributed by atoms with Crippen LogP contribution < -0.4 is 0 Å². The molecule has 0 bridgehead atoms. The third-order valence-electron chi connectivity index (χ3n) is 1.70. The van der Waals surface area contributed by atoms with E-state index in [1.807, 2.05) is 24.3 Å². The number of hydrogen-bond acceptors (Lipinski definition) is 1. The first-order valence-corrected chi connectivity index (χ1v) is 4.54. The van der Waals surface area contributed by atoms with Crippen LogP contribution in [0.3, 0.4) is 0 Å². The van der Waals surface area contributed by atoms with E-state index >= 15 is 0 Å². The third-order valence-corrected chi connectivity index (χ3v) is 1.70. The molecule has 80 valence electrons. The first-order valence-electron chi connectivity index (χ1n) is 4.54. The molecule has 0 fully saturated rings. The second-order valence-electron chi connectivity index (χ2n) is 2.99. The predicted octanol–water partition coefficient (Wildman–Crippen LogP) is 2.56. The average molecular weight is 204 g/mol. The molecule has 0 aliphatic heterocycles. The zero-order valence-corrected chi connectivity index (χ0v) is 8.72. The molecule has 0 saturated heterocycles. The molecule has 0 saturated carbocycles. The molecule has 2 nitrogen and oxygen atoms in total. The first kappa shape index (κ1) is 13.2. The summed E-state index contributed by atoms with van der Waals surface area (Å²) in [6.45, 7) is 2.08. The molecule has 0 unspecified atom stereocenters. The van der Waals surface area contributed by atoms with Crippen LogP contribution in [0.5, 0.6) is 5.75 Å². The Kier molecular flexibility index (Phi) is 6.68. The Balaban J connectivity index is 0.000000245. The average Bonchev–Trinajstić information content (AvgIpc) is 2.21. The highest BCUT2D eigenvalue weighted by Gasteiger charge is 1.74. The molecule has 0 amide bonds. The van der Waals surface area contributed by atoms with E-state index in [1.165, 1.54) is 5.56 Å². The zero-order valence-electron chi connectivity index (χ0n) is 8.72. The van der Waals surface area contributed by atoms with Crippen LogP contribution in [0, 0.1) is 6.92 Å². The van der Waals surface area contributed by atoms with E-state index in [-0.39, 0.29) is 5.48 Å². The highest BCUT2D eigenvalue weighted by Crippen LogP contribution is 2.02. The van der Waals surface area contributed by atoms with Crippen molar-refractivity contribution >= 4 is 0 Å². The maximum absolute atomic E-state index is 8.63. The molecule has 2 rings (SSSR count). The molecule has 0 heterocycles. The molecular formula is C13H16O2. The minimum atomic E-state index is 0.